The van der Waals surface area contributed by atoms with E-state index in [-0.39, 0.29) is 11.2 Å². The van der Waals surface area contributed by atoms with E-state index in [1.165, 1.54) is 19.3 Å². The van der Waals surface area contributed by atoms with Gasteiger partial charge in [-0.25, -0.2) is 0 Å². The van der Waals surface area contributed by atoms with Crippen LogP contribution >= 0.6 is 0 Å². The van der Waals surface area contributed by atoms with Gasteiger partial charge in [-0.15, -0.1) is 0 Å². The van der Waals surface area contributed by atoms with Crippen LogP contribution in [0.25, 0.3) is 0 Å². The summed E-state index contributed by atoms with van der Waals surface area (Å²) in [7, 11) is 0. The molecule has 0 amide bonds. The molecule has 3 aliphatic carbocycles. The highest BCUT2D eigenvalue weighted by Crippen LogP contribution is 2.69. The molecule has 3 saturated carbocycles. The van der Waals surface area contributed by atoms with E-state index in [1.807, 2.05) is 0 Å². The molecule has 3 fully saturated rings. The molecule has 3 rings (SSSR count). The lowest BCUT2D eigenvalue weighted by Crippen LogP contribution is -2.78. The van der Waals surface area contributed by atoms with Crippen molar-refractivity contribution in [1.29, 1.82) is 0 Å². The fourth-order valence-electron chi connectivity index (χ4n) is 4.39. The van der Waals surface area contributed by atoms with Gasteiger partial charge in [0.05, 0.1) is 17.3 Å². The average Bonchev–Trinajstić information content (AvgIpc) is 1.97. The van der Waals surface area contributed by atoms with Crippen molar-refractivity contribution in [2.24, 2.45) is 11.8 Å². The molecular weight excluding hydrogens is 176 g/mol. The van der Waals surface area contributed by atoms with Gasteiger partial charge in [-0.3, -0.25) is 0 Å². The summed E-state index contributed by atoms with van der Waals surface area (Å²) >= 11 is 0. The van der Waals surface area contributed by atoms with Gasteiger partial charge in [0.1, 0.15) is 0 Å². The molecule has 1 N–H and O–H groups in total. The van der Waals surface area contributed by atoms with E-state index in [2.05, 4.69) is 13.8 Å². The van der Waals surface area contributed by atoms with Gasteiger partial charge >= 0.3 is 0 Å². The van der Waals surface area contributed by atoms with Crippen molar-refractivity contribution in [3.63, 3.8) is 0 Å². The lowest BCUT2D eigenvalue weighted by molar-refractivity contribution is -0.353. The van der Waals surface area contributed by atoms with Crippen molar-refractivity contribution in [3.05, 3.63) is 0 Å². The Morgan fingerprint density at radius 2 is 2.21 bits per heavy atom. The first-order valence-corrected chi connectivity index (χ1v) is 5.96. The zero-order valence-corrected chi connectivity index (χ0v) is 9.12. The first-order valence-electron chi connectivity index (χ1n) is 5.96. The molecule has 80 valence electrons. The summed E-state index contributed by atoms with van der Waals surface area (Å²) in [6, 6.07) is 0. The topological polar surface area (TPSA) is 29.5 Å². The zero-order chi connectivity index (χ0) is 9.97. The van der Waals surface area contributed by atoms with E-state index in [4.69, 9.17) is 4.74 Å². The average molecular weight is 196 g/mol. The Bertz CT molecular complexity index is 259. The van der Waals surface area contributed by atoms with E-state index >= 15 is 0 Å². The van der Waals surface area contributed by atoms with Crippen LogP contribution in [0, 0.1) is 11.8 Å². The molecule has 2 heteroatoms. The van der Waals surface area contributed by atoms with Gasteiger partial charge in [-0.1, -0.05) is 6.42 Å². The van der Waals surface area contributed by atoms with Gasteiger partial charge in [-0.2, -0.15) is 0 Å². The van der Waals surface area contributed by atoms with Crippen molar-refractivity contribution in [3.8, 4) is 0 Å². The molecule has 4 atom stereocenters. The van der Waals surface area contributed by atoms with Crippen molar-refractivity contribution in [1.82, 2.24) is 0 Å². The smallest absolute Gasteiger partial charge is 0.0771 e. The van der Waals surface area contributed by atoms with E-state index in [0.29, 0.717) is 12.0 Å². The molecule has 3 unspecified atom stereocenters. The van der Waals surface area contributed by atoms with Gasteiger partial charge in [0.2, 0.25) is 0 Å². The van der Waals surface area contributed by atoms with Gasteiger partial charge in [-0.05, 0) is 39.0 Å². The maximum Gasteiger partial charge on any atom is 0.0771 e. The van der Waals surface area contributed by atoms with E-state index < -0.39 is 0 Å². The molecule has 14 heavy (non-hydrogen) atoms. The molecule has 2 nitrogen and oxygen atoms in total. The molecule has 0 bridgehead atoms. The third-order valence-corrected chi connectivity index (χ3v) is 4.48. The second-order valence-corrected chi connectivity index (χ2v) is 5.85. The minimum Gasteiger partial charge on any atom is -0.389 e. The molecule has 0 aliphatic heterocycles. The quantitative estimate of drug-likeness (QED) is 0.733. The van der Waals surface area contributed by atoms with Gasteiger partial charge in [0.15, 0.2) is 0 Å². The molecule has 0 aromatic rings. The van der Waals surface area contributed by atoms with Crippen LogP contribution in [0.3, 0.4) is 0 Å². The monoisotopic (exact) mass is 196 g/mol. The van der Waals surface area contributed by atoms with Gasteiger partial charge in [0.25, 0.3) is 0 Å². The molecule has 0 heterocycles. The van der Waals surface area contributed by atoms with Crippen molar-refractivity contribution < 1.29 is 9.84 Å². The Hall–Kier alpha value is -0.0800. The summed E-state index contributed by atoms with van der Waals surface area (Å²) in [5.74, 6) is 1.24. The highest BCUT2D eigenvalue weighted by molar-refractivity contribution is 5.24. The minimum absolute atomic E-state index is 0.0735. The first kappa shape index (κ1) is 9.17. The van der Waals surface area contributed by atoms with E-state index in [0.717, 1.165) is 18.8 Å². The second-order valence-electron chi connectivity index (χ2n) is 5.85. The summed E-state index contributed by atoms with van der Waals surface area (Å²) in [6.45, 7) is 4.21. The SMILES string of the molecule is CC(C)OC12CCCC3CC(O)(C1)[C@@H]32. The van der Waals surface area contributed by atoms with Crippen LogP contribution in [0.4, 0.5) is 0 Å². The summed E-state index contributed by atoms with van der Waals surface area (Å²) < 4.78 is 6.08. The summed E-state index contributed by atoms with van der Waals surface area (Å²) in [4.78, 5) is 0. The first-order chi connectivity index (χ1) is 6.56. The maximum atomic E-state index is 10.2. The number of hydrogen-bond acceptors (Lipinski definition) is 2. The van der Waals surface area contributed by atoms with Crippen LogP contribution in [-0.2, 0) is 4.74 Å². The fourth-order valence-corrected chi connectivity index (χ4v) is 4.39. The number of rotatable bonds is 2. The van der Waals surface area contributed by atoms with E-state index in [1.54, 1.807) is 0 Å². The maximum absolute atomic E-state index is 10.2. The molecule has 3 aliphatic rings. The second kappa shape index (κ2) is 2.53. The summed E-state index contributed by atoms with van der Waals surface area (Å²) in [5.41, 5.74) is -0.246. The highest BCUT2D eigenvalue weighted by atomic mass is 16.5. The molecule has 0 aromatic carbocycles. The Labute approximate surface area is 85.6 Å². The van der Waals surface area contributed by atoms with Crippen molar-refractivity contribution in [2.45, 2.75) is 63.3 Å². The van der Waals surface area contributed by atoms with Crippen LogP contribution < -0.4 is 0 Å². The fraction of sp³-hybridized carbons (Fsp3) is 1.00. The standard InChI is InChI=1S/C12H20O2/c1-8(2)14-12-5-3-4-9-6-11(13,7-12)10(9)12/h8-10,13H,3-7H2,1-2H3/t9?,10-,11?,12?/m1/s1. The number of ether oxygens (including phenoxy) is 1. The zero-order valence-electron chi connectivity index (χ0n) is 9.12. The molecule has 0 spiro atoms. The Morgan fingerprint density at radius 3 is 2.86 bits per heavy atom. The summed E-state index contributed by atoms with van der Waals surface area (Å²) in [5, 5.41) is 10.2. The molecule has 0 radical (unpaired) electrons. The largest absolute Gasteiger partial charge is 0.389 e. The predicted molar refractivity (Wildman–Crippen MR) is 54.0 cm³/mol. The van der Waals surface area contributed by atoms with Crippen molar-refractivity contribution in [2.75, 3.05) is 0 Å². The Morgan fingerprint density at radius 1 is 1.43 bits per heavy atom. The third-order valence-electron chi connectivity index (χ3n) is 4.48. The number of aliphatic hydroxyl groups is 1. The van der Waals surface area contributed by atoms with Crippen LogP contribution in [0.1, 0.15) is 46.0 Å². The third kappa shape index (κ3) is 0.938. The predicted octanol–water partition coefficient (Wildman–Crippen LogP) is 2.11. The lowest BCUT2D eigenvalue weighted by Gasteiger charge is -2.72. The molecular formula is C12H20O2. The Kier molecular flexibility index (Phi) is 1.66. The number of hydrogen-bond donors (Lipinski definition) is 1. The minimum atomic E-state index is -0.319. The van der Waals surface area contributed by atoms with Crippen LogP contribution in [-0.4, -0.2) is 22.4 Å². The van der Waals surface area contributed by atoms with Crippen LogP contribution in [0.2, 0.25) is 0 Å². The lowest BCUT2D eigenvalue weighted by atomic mass is 9.38. The van der Waals surface area contributed by atoms with Crippen molar-refractivity contribution >= 4 is 0 Å². The van der Waals surface area contributed by atoms with Gasteiger partial charge in [0, 0.05) is 12.3 Å². The molecule has 0 aromatic heterocycles. The van der Waals surface area contributed by atoms with Gasteiger partial charge < -0.3 is 9.84 Å². The highest BCUT2D eigenvalue weighted by Gasteiger charge is 2.73. The normalized spacial score (nSPS) is 54.9. The van der Waals surface area contributed by atoms with Crippen LogP contribution in [0.5, 0.6) is 0 Å². The Balaban J connectivity index is 1.80. The van der Waals surface area contributed by atoms with E-state index in [9.17, 15) is 5.11 Å². The van der Waals surface area contributed by atoms with Crippen LogP contribution in [0.15, 0.2) is 0 Å². The summed E-state index contributed by atoms with van der Waals surface area (Å²) in [6.07, 6.45) is 6.04. The molecule has 0 saturated heterocycles.